The predicted octanol–water partition coefficient (Wildman–Crippen LogP) is 1.49. The third kappa shape index (κ3) is 3.30. The number of carbonyl (C=O) groups is 1. The fourth-order valence-corrected chi connectivity index (χ4v) is 2.25. The normalized spacial score (nSPS) is 19.2. The van der Waals surface area contributed by atoms with Crippen molar-refractivity contribution in [2.75, 3.05) is 6.54 Å². The number of nitro groups is 1. The van der Waals surface area contributed by atoms with E-state index in [4.69, 9.17) is 0 Å². The lowest BCUT2D eigenvalue weighted by Gasteiger charge is -2.15. The summed E-state index contributed by atoms with van der Waals surface area (Å²) < 4.78 is 13.7. The van der Waals surface area contributed by atoms with Gasteiger partial charge in [0.15, 0.2) is 0 Å². The first-order chi connectivity index (χ1) is 9.59. The van der Waals surface area contributed by atoms with Crippen LogP contribution in [0.2, 0.25) is 0 Å². The SMILES string of the molecule is O=C1NCCCCC1NCc1c(F)cccc1[N+](=O)[O-]. The number of carbonyl (C=O) groups excluding carboxylic acids is 1. The molecule has 1 aliphatic rings. The molecule has 2 rings (SSSR count). The zero-order valence-electron chi connectivity index (χ0n) is 10.9. The van der Waals surface area contributed by atoms with Crippen LogP contribution in [0.15, 0.2) is 18.2 Å². The Balaban J connectivity index is 2.10. The molecule has 0 spiro atoms. The van der Waals surface area contributed by atoms with Crippen LogP contribution in [-0.4, -0.2) is 23.4 Å². The van der Waals surface area contributed by atoms with Crippen molar-refractivity contribution >= 4 is 11.6 Å². The molecule has 1 aromatic rings. The number of hydrogen-bond donors (Lipinski definition) is 2. The van der Waals surface area contributed by atoms with Crippen LogP contribution in [0, 0.1) is 15.9 Å². The molecule has 20 heavy (non-hydrogen) atoms. The lowest BCUT2D eigenvalue weighted by atomic mass is 10.1. The Bertz CT molecular complexity index is 522. The second-order valence-corrected chi connectivity index (χ2v) is 4.71. The van der Waals surface area contributed by atoms with Crippen LogP contribution >= 0.6 is 0 Å². The van der Waals surface area contributed by atoms with Crippen LogP contribution < -0.4 is 10.6 Å². The number of amides is 1. The molecular weight excluding hydrogens is 265 g/mol. The summed E-state index contributed by atoms with van der Waals surface area (Å²) in [6.45, 7) is 0.595. The molecule has 1 heterocycles. The van der Waals surface area contributed by atoms with Gasteiger partial charge in [-0.3, -0.25) is 14.9 Å². The van der Waals surface area contributed by atoms with Gasteiger partial charge < -0.3 is 10.6 Å². The quantitative estimate of drug-likeness (QED) is 0.647. The Hall–Kier alpha value is -2.02. The summed E-state index contributed by atoms with van der Waals surface area (Å²) in [7, 11) is 0. The molecule has 1 amide bonds. The number of hydrogen-bond acceptors (Lipinski definition) is 4. The van der Waals surface area contributed by atoms with Crippen molar-refractivity contribution in [1.29, 1.82) is 0 Å². The average Bonchev–Trinajstić information content (AvgIpc) is 2.62. The van der Waals surface area contributed by atoms with Gasteiger partial charge in [-0.1, -0.05) is 6.07 Å². The summed E-state index contributed by atoms with van der Waals surface area (Å²) in [4.78, 5) is 22.0. The lowest BCUT2D eigenvalue weighted by molar-refractivity contribution is -0.385. The molecular formula is C13H16FN3O3. The average molecular weight is 281 g/mol. The predicted molar refractivity (Wildman–Crippen MR) is 70.5 cm³/mol. The van der Waals surface area contributed by atoms with Gasteiger partial charge in [0.25, 0.3) is 5.69 Å². The third-order valence-corrected chi connectivity index (χ3v) is 3.35. The van der Waals surface area contributed by atoms with Crippen molar-refractivity contribution in [1.82, 2.24) is 10.6 Å². The van der Waals surface area contributed by atoms with Crippen LogP contribution in [-0.2, 0) is 11.3 Å². The van der Waals surface area contributed by atoms with Crippen molar-refractivity contribution in [2.24, 2.45) is 0 Å². The van der Waals surface area contributed by atoms with Crippen molar-refractivity contribution in [3.63, 3.8) is 0 Å². The summed E-state index contributed by atoms with van der Waals surface area (Å²) in [6.07, 6.45) is 2.44. The summed E-state index contributed by atoms with van der Waals surface area (Å²) in [5.41, 5.74) is -0.291. The summed E-state index contributed by atoms with van der Waals surface area (Å²) >= 11 is 0. The highest BCUT2D eigenvalue weighted by atomic mass is 19.1. The van der Waals surface area contributed by atoms with Crippen LogP contribution in [0.25, 0.3) is 0 Å². The topological polar surface area (TPSA) is 84.3 Å². The third-order valence-electron chi connectivity index (χ3n) is 3.35. The monoisotopic (exact) mass is 281 g/mol. The van der Waals surface area contributed by atoms with Crippen molar-refractivity contribution in [3.05, 3.63) is 39.7 Å². The van der Waals surface area contributed by atoms with Gasteiger partial charge in [0.2, 0.25) is 5.91 Å². The van der Waals surface area contributed by atoms with Gasteiger partial charge in [0.1, 0.15) is 5.82 Å². The maximum Gasteiger partial charge on any atom is 0.276 e. The Morgan fingerprint density at radius 3 is 3.00 bits per heavy atom. The largest absolute Gasteiger partial charge is 0.355 e. The maximum absolute atomic E-state index is 13.7. The van der Waals surface area contributed by atoms with Gasteiger partial charge >= 0.3 is 0 Å². The zero-order chi connectivity index (χ0) is 14.5. The Kier molecular flexibility index (Phi) is 4.62. The Morgan fingerprint density at radius 2 is 2.25 bits per heavy atom. The van der Waals surface area contributed by atoms with Crippen LogP contribution in [0.1, 0.15) is 24.8 Å². The molecule has 6 nitrogen and oxygen atoms in total. The molecule has 108 valence electrons. The highest BCUT2D eigenvalue weighted by molar-refractivity contribution is 5.81. The van der Waals surface area contributed by atoms with E-state index in [-0.39, 0.29) is 23.7 Å². The highest BCUT2D eigenvalue weighted by Gasteiger charge is 2.23. The minimum Gasteiger partial charge on any atom is -0.355 e. The van der Waals surface area contributed by atoms with E-state index in [0.29, 0.717) is 13.0 Å². The molecule has 1 atom stereocenters. The number of nitro benzene ring substituents is 1. The molecule has 1 saturated heterocycles. The molecule has 0 aliphatic carbocycles. The number of halogens is 1. The van der Waals surface area contributed by atoms with E-state index < -0.39 is 16.8 Å². The van der Waals surface area contributed by atoms with Gasteiger partial charge in [-0.15, -0.1) is 0 Å². The van der Waals surface area contributed by atoms with Gasteiger partial charge in [0.05, 0.1) is 16.5 Å². The van der Waals surface area contributed by atoms with Crippen LogP contribution in [0.3, 0.4) is 0 Å². The van der Waals surface area contributed by atoms with E-state index in [1.165, 1.54) is 18.2 Å². The van der Waals surface area contributed by atoms with Gasteiger partial charge in [-0.2, -0.15) is 0 Å². The second-order valence-electron chi connectivity index (χ2n) is 4.71. The van der Waals surface area contributed by atoms with E-state index in [1.54, 1.807) is 0 Å². The zero-order valence-corrected chi connectivity index (χ0v) is 10.9. The van der Waals surface area contributed by atoms with E-state index in [9.17, 15) is 19.3 Å². The van der Waals surface area contributed by atoms with Gasteiger partial charge in [0, 0.05) is 19.2 Å². The van der Waals surface area contributed by atoms with Gasteiger partial charge in [-0.25, -0.2) is 4.39 Å². The van der Waals surface area contributed by atoms with Gasteiger partial charge in [-0.05, 0) is 25.3 Å². The molecule has 0 saturated carbocycles. The Labute approximate surface area is 115 Å². The molecule has 1 aliphatic heterocycles. The van der Waals surface area contributed by atoms with Crippen LogP contribution in [0.4, 0.5) is 10.1 Å². The highest BCUT2D eigenvalue weighted by Crippen LogP contribution is 2.21. The molecule has 1 fully saturated rings. The summed E-state index contributed by atoms with van der Waals surface area (Å²) in [5.74, 6) is -0.776. The number of nitrogens with zero attached hydrogens (tertiary/aromatic N) is 1. The van der Waals surface area contributed by atoms with E-state index in [2.05, 4.69) is 10.6 Å². The summed E-state index contributed by atoms with van der Waals surface area (Å²) in [6, 6.07) is 3.30. The van der Waals surface area contributed by atoms with E-state index in [0.717, 1.165) is 12.8 Å². The smallest absolute Gasteiger partial charge is 0.276 e. The Morgan fingerprint density at radius 1 is 1.45 bits per heavy atom. The molecule has 0 radical (unpaired) electrons. The summed E-state index contributed by atoms with van der Waals surface area (Å²) in [5, 5.41) is 16.5. The standard InChI is InChI=1S/C13H16FN3O3/c14-10-4-3-6-12(17(19)20)9(10)8-16-11-5-1-2-7-15-13(11)18/h3-4,6,11,16H,1-2,5,7-8H2,(H,15,18). The molecule has 1 aromatic carbocycles. The molecule has 1 unspecified atom stereocenters. The first kappa shape index (κ1) is 14.4. The molecule has 7 heteroatoms. The number of benzene rings is 1. The fourth-order valence-electron chi connectivity index (χ4n) is 2.25. The van der Waals surface area contributed by atoms with E-state index >= 15 is 0 Å². The first-order valence-corrected chi connectivity index (χ1v) is 6.52. The first-order valence-electron chi connectivity index (χ1n) is 6.52. The van der Waals surface area contributed by atoms with Crippen LogP contribution in [0.5, 0.6) is 0 Å². The fraction of sp³-hybridized carbons (Fsp3) is 0.462. The van der Waals surface area contributed by atoms with Crippen molar-refractivity contribution in [3.8, 4) is 0 Å². The lowest BCUT2D eigenvalue weighted by Crippen LogP contribution is -2.42. The molecule has 0 aromatic heterocycles. The van der Waals surface area contributed by atoms with E-state index in [1.807, 2.05) is 0 Å². The van der Waals surface area contributed by atoms with Crippen molar-refractivity contribution < 1.29 is 14.1 Å². The minimum atomic E-state index is -0.638. The molecule has 0 bridgehead atoms. The maximum atomic E-state index is 13.7. The van der Waals surface area contributed by atoms with Crippen molar-refractivity contribution in [2.45, 2.75) is 31.8 Å². The molecule has 2 N–H and O–H groups in total. The number of rotatable bonds is 4. The number of nitrogens with one attached hydrogen (secondary N) is 2. The second kappa shape index (κ2) is 6.42. The minimum absolute atomic E-state index is 0.0189.